The number of nitriles is 8. The molecule has 44 heavy (non-hydrogen) atoms. The van der Waals surface area contributed by atoms with Crippen molar-refractivity contribution in [2.24, 2.45) is 0 Å². The van der Waals surface area contributed by atoms with Crippen LogP contribution in [0.3, 0.4) is 0 Å². The van der Waals surface area contributed by atoms with E-state index in [1.807, 2.05) is 12.1 Å². The van der Waals surface area contributed by atoms with Gasteiger partial charge in [-0.1, -0.05) is 12.1 Å². The Balaban J connectivity index is 1.77. The number of hydrogen-bond donors (Lipinski definition) is 0. The van der Waals surface area contributed by atoms with Crippen LogP contribution in [0.4, 0.5) is 0 Å². The van der Waals surface area contributed by atoms with Crippen molar-refractivity contribution in [1.82, 2.24) is 29.9 Å². The average Bonchev–Trinajstić information content (AvgIpc) is 3.08. The van der Waals surface area contributed by atoms with Crippen LogP contribution in [0.25, 0.3) is 33.0 Å². The third-order valence-corrected chi connectivity index (χ3v) is 6.24. The van der Waals surface area contributed by atoms with Crippen LogP contribution >= 0.6 is 0 Å². The molecule has 0 saturated heterocycles. The summed E-state index contributed by atoms with van der Waals surface area (Å²) in [6.07, 6.45) is 2.71. The van der Waals surface area contributed by atoms with Gasteiger partial charge < -0.3 is 0 Å². The van der Waals surface area contributed by atoms with Crippen LogP contribution < -0.4 is 10.4 Å². The number of rotatable bonds is 2. The van der Waals surface area contributed by atoms with Crippen molar-refractivity contribution < 1.29 is 0 Å². The molecule has 0 amide bonds. The van der Waals surface area contributed by atoms with E-state index in [2.05, 4.69) is 29.9 Å². The normalized spacial score (nSPS) is 11.3. The highest BCUT2D eigenvalue weighted by atomic mass is 14.9. The Morgan fingerprint density at radius 3 is 1.09 bits per heavy atom. The monoisotopic (exact) mass is 562 g/mol. The molecule has 0 fully saturated rings. The summed E-state index contributed by atoms with van der Waals surface area (Å²) in [4.78, 5) is 24.3. The molecule has 5 rings (SSSR count). The lowest BCUT2D eigenvalue weighted by Gasteiger charge is -2.07. The summed E-state index contributed by atoms with van der Waals surface area (Å²) in [6, 6.07) is 21.1. The molecule has 0 saturated carbocycles. The molecule has 0 aliphatic carbocycles. The van der Waals surface area contributed by atoms with E-state index in [0.29, 0.717) is 21.8 Å². The Hall–Kier alpha value is -8.14. The fourth-order valence-corrected chi connectivity index (χ4v) is 4.41. The van der Waals surface area contributed by atoms with Crippen LogP contribution in [0.5, 0.6) is 0 Å². The Morgan fingerprint density at radius 2 is 0.818 bits per heavy atom. The van der Waals surface area contributed by atoms with Crippen molar-refractivity contribution in [3.8, 4) is 48.6 Å². The molecule has 0 aliphatic heterocycles. The van der Waals surface area contributed by atoms with Crippen LogP contribution in [0, 0.1) is 90.6 Å². The molecule has 196 valence electrons. The molecule has 5 aromatic rings. The number of aromatic nitrogens is 6. The first-order valence-corrected chi connectivity index (χ1v) is 11.9. The van der Waals surface area contributed by atoms with E-state index in [9.17, 15) is 31.6 Å². The fourth-order valence-electron chi connectivity index (χ4n) is 4.41. The summed E-state index contributed by atoms with van der Waals surface area (Å²) in [6.45, 7) is 0. The van der Waals surface area contributed by atoms with E-state index in [1.54, 1.807) is 60.7 Å². The first kappa shape index (κ1) is 27.4. The maximum Gasteiger partial charge on any atom is 0.234 e. The van der Waals surface area contributed by atoms with E-state index in [4.69, 9.17) is 10.5 Å². The molecule has 0 aliphatic rings. The third kappa shape index (κ3) is 4.43. The molecule has 1 aromatic carbocycles. The van der Waals surface area contributed by atoms with Crippen molar-refractivity contribution in [2.75, 3.05) is 0 Å². The van der Waals surface area contributed by atoms with E-state index in [-0.39, 0.29) is 67.1 Å². The smallest absolute Gasteiger partial charge is 0.234 e. The zero-order valence-electron chi connectivity index (χ0n) is 21.7. The molecule has 0 N–H and O–H groups in total. The fraction of sp³-hybridized carbons (Fsp3) is 0. The second-order valence-electron chi connectivity index (χ2n) is 8.54. The summed E-state index contributed by atoms with van der Waals surface area (Å²) in [5, 5.41) is 78.2. The van der Waals surface area contributed by atoms with Crippen LogP contribution in [0.15, 0.2) is 36.7 Å². The second-order valence-corrected chi connectivity index (χ2v) is 8.54. The van der Waals surface area contributed by atoms with E-state index in [0.717, 1.165) is 0 Å². The minimum atomic E-state index is -0.385. The van der Waals surface area contributed by atoms with Crippen LogP contribution in [0.2, 0.25) is 0 Å². The van der Waals surface area contributed by atoms with E-state index < -0.39 is 0 Å². The lowest BCUT2D eigenvalue weighted by Crippen LogP contribution is -2.13. The standard InChI is InChI=1S/C30H6N14/c31-5-19(27-21(7-33)41-25(11-37)42-22(27)8-34)17-3-15-1-2-16-4-18(14-40-30(16)29(15)39-13-17)20(6-32)28-23(9-35)43-26(12-38)44-24(28)10-36/h1-4,13-14H/b19-17-,20-18+. The minimum absolute atomic E-state index is 0.0973. The molecule has 0 bridgehead atoms. The van der Waals surface area contributed by atoms with Gasteiger partial charge in [-0.2, -0.15) is 42.1 Å². The molecule has 0 unspecified atom stereocenters. The van der Waals surface area contributed by atoms with Gasteiger partial charge in [0.1, 0.15) is 48.6 Å². The van der Waals surface area contributed by atoms with Gasteiger partial charge in [0, 0.05) is 33.6 Å². The molecule has 14 nitrogen and oxygen atoms in total. The van der Waals surface area contributed by atoms with Crippen molar-refractivity contribution in [3.05, 3.63) is 92.6 Å². The molecule has 4 heterocycles. The van der Waals surface area contributed by atoms with Gasteiger partial charge in [-0.15, -0.1) is 0 Å². The second kappa shape index (κ2) is 11.2. The molecular formula is C30H6N14. The number of fused-ring (bicyclic) bond motifs is 3. The topological polar surface area (TPSA) is 268 Å². The van der Waals surface area contributed by atoms with Gasteiger partial charge in [0.05, 0.1) is 33.3 Å². The highest BCUT2D eigenvalue weighted by molar-refractivity contribution is 6.03. The molecule has 0 atom stereocenters. The molecule has 4 aromatic heterocycles. The van der Waals surface area contributed by atoms with Gasteiger partial charge in [0.25, 0.3) is 0 Å². The summed E-state index contributed by atoms with van der Waals surface area (Å²) in [5.41, 5.74) is -0.849. The zero-order valence-corrected chi connectivity index (χ0v) is 21.7. The van der Waals surface area contributed by atoms with Gasteiger partial charge in [-0.05, 0) is 12.1 Å². The predicted octanol–water partition coefficient (Wildman–Crippen LogP) is 1.04. The minimum Gasteiger partial charge on any atom is -0.253 e. The third-order valence-electron chi connectivity index (χ3n) is 6.24. The maximum absolute atomic E-state index is 9.99. The first-order valence-electron chi connectivity index (χ1n) is 11.9. The highest BCUT2D eigenvalue weighted by Gasteiger charge is 2.21. The Bertz CT molecular complexity index is 2350. The average molecular weight is 562 g/mol. The van der Waals surface area contributed by atoms with Crippen molar-refractivity contribution in [1.29, 1.82) is 42.1 Å². The van der Waals surface area contributed by atoms with Gasteiger partial charge in [0.2, 0.25) is 11.6 Å². The molecule has 0 spiro atoms. The lowest BCUT2D eigenvalue weighted by molar-refractivity contribution is 1.06. The Kier molecular flexibility index (Phi) is 6.95. The van der Waals surface area contributed by atoms with E-state index >= 15 is 0 Å². The first-order chi connectivity index (χ1) is 21.4. The number of hydrogen-bond acceptors (Lipinski definition) is 14. The quantitative estimate of drug-likeness (QED) is 0.272. The summed E-state index contributed by atoms with van der Waals surface area (Å²) < 4.78 is 0. The zero-order chi connectivity index (χ0) is 31.4. The van der Waals surface area contributed by atoms with Gasteiger partial charge in [-0.25, -0.2) is 19.9 Å². The maximum atomic E-state index is 9.99. The van der Waals surface area contributed by atoms with Crippen LogP contribution in [0.1, 0.15) is 45.6 Å². The van der Waals surface area contributed by atoms with Crippen LogP contribution in [-0.4, -0.2) is 29.9 Å². The highest BCUT2D eigenvalue weighted by Crippen LogP contribution is 2.23. The molecule has 14 heteroatoms. The summed E-state index contributed by atoms with van der Waals surface area (Å²) in [5.74, 6) is -0.771. The number of benzene rings is 1. The Labute approximate surface area is 246 Å². The Morgan fingerprint density at radius 1 is 0.477 bits per heavy atom. The summed E-state index contributed by atoms with van der Waals surface area (Å²) >= 11 is 0. The number of nitrogens with zero attached hydrogens (tertiary/aromatic N) is 14. The SMILES string of the molecule is N#C/C(c1c(C#N)nc(C#N)nc1C#N)=c1\cnc2c(ccc3c/c(=C(\C#N)c4c(C#N)nc(C#N)nc4C#N)cnc32)c1. The van der Waals surface area contributed by atoms with Gasteiger partial charge >= 0.3 is 0 Å². The van der Waals surface area contributed by atoms with Gasteiger partial charge in [-0.3, -0.25) is 9.97 Å². The van der Waals surface area contributed by atoms with Crippen molar-refractivity contribution >= 4 is 33.0 Å². The molecule has 0 radical (unpaired) electrons. The van der Waals surface area contributed by atoms with E-state index in [1.165, 1.54) is 12.4 Å². The summed E-state index contributed by atoms with van der Waals surface area (Å²) in [7, 11) is 0. The van der Waals surface area contributed by atoms with Crippen molar-refractivity contribution in [3.63, 3.8) is 0 Å². The van der Waals surface area contributed by atoms with Gasteiger partial charge in [0.15, 0.2) is 22.8 Å². The number of pyridine rings is 2. The predicted molar refractivity (Wildman–Crippen MR) is 145 cm³/mol. The van der Waals surface area contributed by atoms with Crippen molar-refractivity contribution in [2.45, 2.75) is 0 Å². The molecular weight excluding hydrogens is 556 g/mol. The largest absolute Gasteiger partial charge is 0.253 e. The lowest BCUT2D eigenvalue weighted by atomic mass is 9.99. The van der Waals surface area contributed by atoms with Crippen LogP contribution in [-0.2, 0) is 0 Å².